The summed E-state index contributed by atoms with van der Waals surface area (Å²) in [5, 5.41) is 5.60. The van der Waals surface area contributed by atoms with Gasteiger partial charge in [0, 0.05) is 24.7 Å². The lowest BCUT2D eigenvalue weighted by molar-refractivity contribution is -0.129. The van der Waals surface area contributed by atoms with Gasteiger partial charge in [0.15, 0.2) is 0 Å². The lowest BCUT2D eigenvalue weighted by Gasteiger charge is -2.24. The summed E-state index contributed by atoms with van der Waals surface area (Å²) < 4.78 is 4.92. The van der Waals surface area contributed by atoms with Crippen LogP contribution in [0.1, 0.15) is 49.4 Å². The Morgan fingerprint density at radius 1 is 1.19 bits per heavy atom. The number of urea groups is 1. The minimum absolute atomic E-state index is 0.126. The molecular weight excluding hydrogens is 334 g/mol. The van der Waals surface area contributed by atoms with Crippen LogP contribution in [0.15, 0.2) is 24.3 Å². The molecule has 0 unspecified atom stereocenters. The molecule has 1 aliphatic carbocycles. The van der Waals surface area contributed by atoms with E-state index in [0.717, 1.165) is 12.8 Å². The van der Waals surface area contributed by atoms with Gasteiger partial charge in [0.05, 0.1) is 18.2 Å². The van der Waals surface area contributed by atoms with Gasteiger partial charge in [-0.3, -0.25) is 4.79 Å². The smallest absolute Gasteiger partial charge is 0.338 e. The predicted molar refractivity (Wildman–Crippen MR) is 96.9 cm³/mol. The number of carbonyl (C=O) groups excluding carboxylic acids is 3. The van der Waals surface area contributed by atoms with Crippen LogP contribution in [-0.2, 0) is 9.53 Å². The fourth-order valence-corrected chi connectivity index (χ4v) is 3.65. The Kier molecular flexibility index (Phi) is 5.75. The Morgan fingerprint density at radius 2 is 1.88 bits per heavy atom. The van der Waals surface area contributed by atoms with E-state index in [2.05, 4.69) is 10.6 Å². The molecule has 1 saturated carbocycles. The average molecular weight is 359 g/mol. The average Bonchev–Trinajstić information content (AvgIpc) is 3.25. The van der Waals surface area contributed by atoms with Crippen molar-refractivity contribution in [1.29, 1.82) is 0 Å². The number of ether oxygens (including phenoxy) is 1. The molecule has 0 spiro atoms. The van der Waals surface area contributed by atoms with Gasteiger partial charge in [-0.15, -0.1) is 0 Å². The summed E-state index contributed by atoms with van der Waals surface area (Å²) in [4.78, 5) is 37.9. The Bertz CT molecular complexity index is 668. The molecule has 140 valence electrons. The number of anilines is 1. The Hall–Kier alpha value is -2.57. The first-order valence-electron chi connectivity index (χ1n) is 9.21. The number of amides is 3. The molecule has 1 heterocycles. The highest BCUT2D eigenvalue weighted by atomic mass is 16.5. The molecule has 2 fully saturated rings. The van der Waals surface area contributed by atoms with E-state index < -0.39 is 0 Å². The lowest BCUT2D eigenvalue weighted by Crippen LogP contribution is -2.41. The quantitative estimate of drug-likeness (QED) is 0.791. The van der Waals surface area contributed by atoms with E-state index in [-0.39, 0.29) is 23.9 Å². The number of carbonyl (C=O) groups is 3. The van der Waals surface area contributed by atoms with Crippen LogP contribution in [0, 0.1) is 0 Å². The largest absolute Gasteiger partial charge is 0.462 e. The normalized spacial score (nSPS) is 20.3. The maximum Gasteiger partial charge on any atom is 0.338 e. The van der Waals surface area contributed by atoms with Gasteiger partial charge in [-0.2, -0.15) is 0 Å². The molecule has 1 atom stereocenters. The number of rotatable bonds is 5. The van der Waals surface area contributed by atoms with Gasteiger partial charge in [-0.1, -0.05) is 12.8 Å². The molecule has 26 heavy (non-hydrogen) atoms. The zero-order valence-corrected chi connectivity index (χ0v) is 15.0. The molecule has 0 aromatic heterocycles. The minimum atomic E-state index is -0.389. The van der Waals surface area contributed by atoms with Gasteiger partial charge in [-0.05, 0) is 44.0 Å². The summed E-state index contributed by atoms with van der Waals surface area (Å²) in [6.45, 7) is 2.65. The summed E-state index contributed by atoms with van der Waals surface area (Å²) in [6, 6.07) is 6.34. The van der Waals surface area contributed by atoms with Crippen molar-refractivity contribution in [2.24, 2.45) is 0 Å². The Morgan fingerprint density at radius 3 is 2.54 bits per heavy atom. The molecule has 3 amide bonds. The molecule has 7 nitrogen and oxygen atoms in total. The highest BCUT2D eigenvalue weighted by molar-refractivity contribution is 5.93. The molecule has 1 aromatic rings. The highest BCUT2D eigenvalue weighted by Crippen LogP contribution is 2.27. The first-order chi connectivity index (χ1) is 12.6. The van der Waals surface area contributed by atoms with E-state index in [9.17, 15) is 14.4 Å². The van der Waals surface area contributed by atoms with Gasteiger partial charge in [0.2, 0.25) is 5.91 Å². The molecule has 7 heteroatoms. The maximum atomic E-state index is 12.2. The molecule has 0 radical (unpaired) electrons. The molecule has 1 aliphatic heterocycles. The number of benzene rings is 1. The molecule has 0 bridgehead atoms. The zero-order valence-electron chi connectivity index (χ0n) is 15.0. The molecule has 2 aliphatic rings. The van der Waals surface area contributed by atoms with Crippen molar-refractivity contribution in [3.63, 3.8) is 0 Å². The second-order valence-corrected chi connectivity index (χ2v) is 6.78. The molecule has 2 N–H and O–H groups in total. The van der Waals surface area contributed by atoms with Crippen molar-refractivity contribution in [2.75, 3.05) is 18.5 Å². The topological polar surface area (TPSA) is 87.7 Å². The Balaban J connectivity index is 1.49. The fraction of sp³-hybridized carbons (Fsp3) is 0.526. The van der Waals surface area contributed by atoms with Crippen molar-refractivity contribution >= 4 is 23.6 Å². The number of nitrogens with zero attached hydrogens (tertiary/aromatic N) is 1. The summed E-state index contributed by atoms with van der Waals surface area (Å²) in [7, 11) is 0. The number of hydrogen-bond donors (Lipinski definition) is 2. The van der Waals surface area contributed by atoms with Gasteiger partial charge >= 0.3 is 12.0 Å². The third kappa shape index (κ3) is 4.33. The predicted octanol–water partition coefficient (Wildman–Crippen LogP) is 2.53. The van der Waals surface area contributed by atoms with Crippen molar-refractivity contribution in [2.45, 2.75) is 51.1 Å². The van der Waals surface area contributed by atoms with Gasteiger partial charge < -0.3 is 20.3 Å². The summed E-state index contributed by atoms with van der Waals surface area (Å²) in [5.74, 6) is -0.263. The third-order valence-electron chi connectivity index (χ3n) is 4.91. The number of nitrogens with one attached hydrogen (secondary N) is 2. The first kappa shape index (κ1) is 18.2. The maximum absolute atomic E-state index is 12.2. The van der Waals surface area contributed by atoms with Crippen LogP contribution in [0.2, 0.25) is 0 Å². The highest BCUT2D eigenvalue weighted by Gasteiger charge is 2.36. The van der Waals surface area contributed by atoms with Crippen LogP contribution >= 0.6 is 0 Å². The lowest BCUT2D eigenvalue weighted by atomic mass is 10.2. The zero-order chi connectivity index (χ0) is 18.5. The summed E-state index contributed by atoms with van der Waals surface area (Å²) in [5.41, 5.74) is 1.01. The van der Waals surface area contributed by atoms with E-state index in [1.165, 1.54) is 12.8 Å². The second kappa shape index (κ2) is 8.21. The van der Waals surface area contributed by atoms with E-state index >= 15 is 0 Å². The molecular formula is C19H25N3O4. The van der Waals surface area contributed by atoms with Crippen molar-refractivity contribution in [1.82, 2.24) is 10.2 Å². The first-order valence-corrected chi connectivity index (χ1v) is 9.21. The van der Waals surface area contributed by atoms with Crippen LogP contribution in [0.5, 0.6) is 0 Å². The van der Waals surface area contributed by atoms with Crippen LogP contribution in [0.3, 0.4) is 0 Å². The van der Waals surface area contributed by atoms with Crippen molar-refractivity contribution < 1.29 is 19.1 Å². The monoisotopic (exact) mass is 359 g/mol. The van der Waals surface area contributed by atoms with Crippen LogP contribution in [-0.4, -0.2) is 48.0 Å². The van der Waals surface area contributed by atoms with Crippen molar-refractivity contribution in [3.05, 3.63) is 29.8 Å². The number of likely N-dealkylation sites (tertiary alicyclic amines) is 1. The SMILES string of the molecule is CCOC(=O)c1ccc(NC(=O)N[C@H]2CC(=O)N(C3CCCC3)C2)cc1. The summed E-state index contributed by atoms with van der Waals surface area (Å²) >= 11 is 0. The van der Waals surface area contributed by atoms with Crippen LogP contribution in [0.4, 0.5) is 10.5 Å². The van der Waals surface area contributed by atoms with E-state index in [0.29, 0.717) is 36.9 Å². The second-order valence-electron chi connectivity index (χ2n) is 6.78. The Labute approximate surface area is 153 Å². The van der Waals surface area contributed by atoms with E-state index in [1.807, 2.05) is 4.90 Å². The summed E-state index contributed by atoms with van der Waals surface area (Å²) in [6.07, 6.45) is 4.84. The van der Waals surface area contributed by atoms with Gasteiger partial charge in [0.1, 0.15) is 0 Å². The van der Waals surface area contributed by atoms with E-state index in [4.69, 9.17) is 4.74 Å². The van der Waals surface area contributed by atoms with Crippen molar-refractivity contribution in [3.8, 4) is 0 Å². The molecule has 1 aromatic carbocycles. The standard InChI is InChI=1S/C19H25N3O4/c1-2-26-18(24)13-7-9-14(10-8-13)20-19(25)21-15-11-17(23)22(12-15)16-5-3-4-6-16/h7-10,15-16H,2-6,11-12H2,1H3,(H2,20,21,25)/t15-/m0/s1. The van der Waals surface area contributed by atoms with Gasteiger partial charge in [0.25, 0.3) is 0 Å². The van der Waals surface area contributed by atoms with Crippen LogP contribution in [0.25, 0.3) is 0 Å². The minimum Gasteiger partial charge on any atom is -0.462 e. The molecule has 3 rings (SSSR count). The van der Waals surface area contributed by atoms with E-state index in [1.54, 1.807) is 31.2 Å². The van der Waals surface area contributed by atoms with Gasteiger partial charge in [-0.25, -0.2) is 9.59 Å². The number of hydrogen-bond acceptors (Lipinski definition) is 4. The fourth-order valence-electron chi connectivity index (χ4n) is 3.65. The molecule has 1 saturated heterocycles. The third-order valence-corrected chi connectivity index (χ3v) is 4.91. The number of esters is 1. The van der Waals surface area contributed by atoms with Crippen LogP contribution < -0.4 is 10.6 Å².